The molecule has 1 aromatic carbocycles. The van der Waals surface area contributed by atoms with E-state index in [9.17, 15) is 8.42 Å². The number of anilines is 2. The van der Waals surface area contributed by atoms with E-state index in [-0.39, 0.29) is 4.21 Å². The van der Waals surface area contributed by atoms with Crippen molar-refractivity contribution in [1.29, 1.82) is 0 Å². The zero-order valence-electron chi connectivity index (χ0n) is 11.0. The zero-order chi connectivity index (χ0) is 14.8. The number of nitrogen functional groups attached to an aromatic ring is 1. The van der Waals surface area contributed by atoms with Crippen LogP contribution in [-0.4, -0.2) is 19.9 Å². The minimum absolute atomic E-state index is 0.104. The number of hydrogen-bond donors (Lipinski definition) is 3. The molecule has 0 aliphatic heterocycles. The van der Waals surface area contributed by atoms with Crippen molar-refractivity contribution in [3.05, 3.63) is 35.5 Å². The van der Waals surface area contributed by atoms with Crippen LogP contribution in [0.4, 0.5) is 10.8 Å². The van der Waals surface area contributed by atoms with Crippen molar-refractivity contribution in [3.63, 3.8) is 0 Å². The first-order valence-electron chi connectivity index (χ1n) is 5.95. The summed E-state index contributed by atoms with van der Waals surface area (Å²) in [7, 11) is -3.69. The van der Waals surface area contributed by atoms with Crippen molar-refractivity contribution in [3.8, 4) is 0 Å². The molecule has 8 heteroatoms. The molecule has 1 aromatic heterocycles. The highest BCUT2D eigenvalue weighted by atomic mass is 32.2. The Kier molecular flexibility index (Phi) is 4.26. The molecule has 20 heavy (non-hydrogen) atoms. The molecule has 0 unspecified atom stereocenters. The van der Waals surface area contributed by atoms with Crippen LogP contribution < -0.4 is 16.2 Å². The molecule has 0 aliphatic rings. The van der Waals surface area contributed by atoms with Crippen molar-refractivity contribution in [2.24, 2.45) is 5.14 Å². The summed E-state index contributed by atoms with van der Waals surface area (Å²) < 4.78 is 22.7. The van der Waals surface area contributed by atoms with Gasteiger partial charge in [-0.1, -0.05) is 23.5 Å². The van der Waals surface area contributed by atoms with Crippen LogP contribution in [0, 0.1) is 6.92 Å². The quantitative estimate of drug-likeness (QED) is 0.721. The van der Waals surface area contributed by atoms with Crippen molar-refractivity contribution in [2.45, 2.75) is 17.6 Å². The largest absolute Gasteiger partial charge is 0.399 e. The topological polar surface area (TPSA) is 111 Å². The summed E-state index contributed by atoms with van der Waals surface area (Å²) in [5.74, 6) is 0. The van der Waals surface area contributed by atoms with E-state index < -0.39 is 10.0 Å². The number of primary sulfonamides is 1. The number of sulfonamides is 1. The summed E-state index contributed by atoms with van der Waals surface area (Å²) >= 11 is 1.05. The van der Waals surface area contributed by atoms with E-state index in [0.717, 1.165) is 29.0 Å². The van der Waals surface area contributed by atoms with Gasteiger partial charge >= 0.3 is 0 Å². The smallest absolute Gasteiger partial charge is 0.249 e. The molecule has 2 aromatic rings. The van der Waals surface area contributed by atoms with Crippen LogP contribution in [0.3, 0.4) is 0 Å². The second-order valence-electron chi connectivity index (χ2n) is 4.36. The van der Waals surface area contributed by atoms with Gasteiger partial charge in [-0.2, -0.15) is 0 Å². The third-order valence-electron chi connectivity index (χ3n) is 2.68. The summed E-state index contributed by atoms with van der Waals surface area (Å²) in [5, 5.41) is 8.76. The van der Waals surface area contributed by atoms with Crippen molar-refractivity contribution < 1.29 is 8.42 Å². The molecule has 0 spiro atoms. The van der Waals surface area contributed by atoms with Gasteiger partial charge in [-0.05, 0) is 31.0 Å². The highest BCUT2D eigenvalue weighted by Gasteiger charge is 2.17. The number of hydrogen-bond acceptors (Lipinski definition) is 6. The van der Waals surface area contributed by atoms with Crippen LogP contribution in [0.25, 0.3) is 0 Å². The van der Waals surface area contributed by atoms with Gasteiger partial charge in [0.2, 0.25) is 10.0 Å². The first-order valence-corrected chi connectivity index (χ1v) is 8.31. The van der Waals surface area contributed by atoms with Crippen LogP contribution in [0.5, 0.6) is 0 Å². The van der Waals surface area contributed by atoms with E-state index in [2.05, 4.69) is 10.3 Å². The Morgan fingerprint density at radius 2 is 1.95 bits per heavy atom. The highest BCUT2D eigenvalue weighted by Crippen LogP contribution is 2.25. The monoisotopic (exact) mass is 312 g/mol. The Morgan fingerprint density at radius 3 is 2.50 bits per heavy atom. The number of nitrogens with one attached hydrogen (secondary N) is 1. The highest BCUT2D eigenvalue weighted by molar-refractivity contribution is 7.91. The van der Waals surface area contributed by atoms with Gasteiger partial charge in [0.25, 0.3) is 0 Å². The number of thiazole rings is 1. The molecule has 0 radical (unpaired) electrons. The lowest BCUT2D eigenvalue weighted by Gasteiger charge is -2.03. The van der Waals surface area contributed by atoms with E-state index in [1.54, 1.807) is 6.92 Å². The first-order chi connectivity index (χ1) is 9.36. The molecule has 0 bridgehead atoms. The van der Waals surface area contributed by atoms with E-state index in [0.29, 0.717) is 17.4 Å². The Morgan fingerprint density at radius 1 is 1.30 bits per heavy atom. The summed E-state index contributed by atoms with van der Waals surface area (Å²) in [6.45, 7) is 2.28. The summed E-state index contributed by atoms with van der Waals surface area (Å²) in [4.78, 5) is 4.15. The SMILES string of the molecule is Cc1nc(NCCc2ccc(N)cc2)sc1S(N)(=O)=O. The van der Waals surface area contributed by atoms with Crippen molar-refractivity contribution in [1.82, 2.24) is 4.98 Å². The lowest BCUT2D eigenvalue weighted by molar-refractivity contribution is 0.599. The average molecular weight is 312 g/mol. The molecule has 2 rings (SSSR count). The minimum atomic E-state index is -3.69. The Hall–Kier alpha value is -1.64. The van der Waals surface area contributed by atoms with Crippen LogP contribution >= 0.6 is 11.3 Å². The van der Waals surface area contributed by atoms with Crippen molar-refractivity contribution >= 4 is 32.2 Å². The maximum absolute atomic E-state index is 11.3. The fraction of sp³-hybridized carbons (Fsp3) is 0.250. The molecular formula is C12H16N4O2S2. The molecule has 0 amide bonds. The fourth-order valence-electron chi connectivity index (χ4n) is 1.72. The third kappa shape index (κ3) is 3.69. The van der Waals surface area contributed by atoms with E-state index in [1.807, 2.05) is 24.3 Å². The first kappa shape index (κ1) is 14.8. The zero-order valence-corrected chi connectivity index (χ0v) is 12.6. The average Bonchev–Trinajstić information content (AvgIpc) is 2.73. The number of rotatable bonds is 5. The van der Waals surface area contributed by atoms with Gasteiger partial charge in [0, 0.05) is 12.2 Å². The van der Waals surface area contributed by atoms with Crippen LogP contribution in [0.2, 0.25) is 0 Å². The van der Waals surface area contributed by atoms with Gasteiger partial charge in [0.05, 0.1) is 5.69 Å². The molecule has 0 saturated heterocycles. The summed E-state index contributed by atoms with van der Waals surface area (Å²) in [5.41, 5.74) is 7.91. The minimum Gasteiger partial charge on any atom is -0.399 e. The van der Waals surface area contributed by atoms with E-state index >= 15 is 0 Å². The number of nitrogens with two attached hydrogens (primary N) is 2. The number of aryl methyl sites for hydroxylation is 1. The van der Waals surface area contributed by atoms with Crippen LogP contribution in [0.1, 0.15) is 11.3 Å². The molecule has 0 atom stereocenters. The van der Waals surface area contributed by atoms with Gasteiger partial charge in [-0.25, -0.2) is 18.5 Å². The maximum atomic E-state index is 11.3. The second-order valence-corrected chi connectivity index (χ2v) is 7.11. The standard InChI is InChI=1S/C12H16N4O2S2/c1-8-11(20(14,17)18)19-12(16-8)15-7-6-9-2-4-10(13)5-3-9/h2-5H,6-7,13H2,1H3,(H,15,16)(H2,14,17,18). The van der Waals surface area contributed by atoms with Gasteiger partial charge in [0.15, 0.2) is 9.34 Å². The fourth-order valence-corrected chi connectivity index (χ4v) is 3.60. The van der Waals surface area contributed by atoms with Gasteiger partial charge < -0.3 is 11.1 Å². The number of aromatic nitrogens is 1. The lowest BCUT2D eigenvalue weighted by Crippen LogP contribution is -2.11. The number of nitrogens with zero attached hydrogens (tertiary/aromatic N) is 1. The maximum Gasteiger partial charge on any atom is 0.249 e. The van der Waals surface area contributed by atoms with E-state index in [1.165, 1.54) is 0 Å². The van der Waals surface area contributed by atoms with Crippen molar-refractivity contribution in [2.75, 3.05) is 17.6 Å². The van der Waals surface area contributed by atoms with Crippen LogP contribution in [-0.2, 0) is 16.4 Å². The molecule has 6 nitrogen and oxygen atoms in total. The summed E-state index contributed by atoms with van der Waals surface area (Å²) in [6, 6.07) is 7.61. The molecule has 5 N–H and O–H groups in total. The van der Waals surface area contributed by atoms with E-state index in [4.69, 9.17) is 10.9 Å². The normalized spacial score (nSPS) is 11.5. The second kappa shape index (κ2) is 5.78. The molecular weight excluding hydrogens is 296 g/mol. The Balaban J connectivity index is 1.96. The van der Waals surface area contributed by atoms with Crippen LogP contribution in [0.15, 0.2) is 28.5 Å². The lowest BCUT2D eigenvalue weighted by atomic mass is 10.1. The Bertz CT molecular complexity index is 693. The third-order valence-corrected chi connectivity index (χ3v) is 5.35. The van der Waals surface area contributed by atoms with Gasteiger partial charge in [-0.15, -0.1) is 0 Å². The number of benzene rings is 1. The molecule has 1 heterocycles. The summed E-state index contributed by atoms with van der Waals surface area (Å²) in [6.07, 6.45) is 0.795. The van der Waals surface area contributed by atoms with Gasteiger partial charge in [-0.3, -0.25) is 0 Å². The molecule has 0 fully saturated rings. The molecule has 0 aliphatic carbocycles. The molecule has 0 saturated carbocycles. The predicted octanol–water partition coefficient (Wildman–Crippen LogP) is 1.34. The molecule has 108 valence electrons. The predicted molar refractivity (Wildman–Crippen MR) is 81.3 cm³/mol. The Labute approximate surface area is 121 Å². The van der Waals surface area contributed by atoms with Gasteiger partial charge in [0.1, 0.15) is 0 Å².